The lowest BCUT2D eigenvalue weighted by Gasteiger charge is -2.29. The molecule has 2 N–H and O–H groups in total. The van der Waals surface area contributed by atoms with Crippen molar-refractivity contribution >= 4 is 5.69 Å². The molecule has 0 radical (unpaired) electrons. The number of likely N-dealkylation sites (N-methyl/N-ethyl adjacent to an activating group) is 1. The van der Waals surface area contributed by atoms with Gasteiger partial charge in [0.05, 0.1) is 39.2 Å². The first kappa shape index (κ1) is 14.6. The monoisotopic (exact) mass is 255 g/mol. The zero-order valence-electron chi connectivity index (χ0n) is 11.3. The maximum absolute atomic E-state index is 9.22. The number of methoxy groups -OCH3 is 2. The zero-order valence-corrected chi connectivity index (χ0v) is 11.3. The van der Waals surface area contributed by atoms with E-state index in [-0.39, 0.29) is 19.3 Å². The van der Waals surface area contributed by atoms with E-state index < -0.39 is 0 Å². The van der Waals surface area contributed by atoms with Gasteiger partial charge >= 0.3 is 0 Å². The molecule has 5 nitrogen and oxygen atoms in total. The molecule has 0 atom stereocenters. The van der Waals surface area contributed by atoms with E-state index in [1.54, 1.807) is 26.2 Å². The summed E-state index contributed by atoms with van der Waals surface area (Å²) in [5.41, 5.74) is 1.70. The van der Waals surface area contributed by atoms with Crippen molar-refractivity contribution in [2.75, 3.05) is 39.4 Å². The van der Waals surface area contributed by atoms with Gasteiger partial charge in [0, 0.05) is 12.6 Å². The molecule has 0 heterocycles. The van der Waals surface area contributed by atoms with Gasteiger partial charge in [0.1, 0.15) is 11.5 Å². The minimum Gasteiger partial charge on any atom is -0.496 e. The van der Waals surface area contributed by atoms with Gasteiger partial charge in [0.15, 0.2) is 0 Å². The lowest BCUT2D eigenvalue weighted by atomic mass is 10.1. The Bertz CT molecular complexity index is 391. The standard InChI is InChI=1S/C13H21NO4/c1-9-12(17-3)6-5-11(13(9)18-4)14(2)10(7-15)8-16/h5-6,10,15-16H,7-8H2,1-4H3. The number of aliphatic hydroxyl groups is 2. The van der Waals surface area contributed by atoms with Crippen LogP contribution in [0.5, 0.6) is 11.5 Å². The van der Waals surface area contributed by atoms with Crippen LogP contribution in [0.1, 0.15) is 5.56 Å². The molecule has 5 heteroatoms. The molecular formula is C13H21NO4. The van der Waals surface area contributed by atoms with Gasteiger partial charge in [-0.2, -0.15) is 0 Å². The summed E-state index contributed by atoms with van der Waals surface area (Å²) in [4.78, 5) is 1.80. The number of hydrogen-bond acceptors (Lipinski definition) is 5. The molecule has 0 aliphatic rings. The van der Waals surface area contributed by atoms with E-state index in [0.29, 0.717) is 5.75 Å². The quantitative estimate of drug-likeness (QED) is 0.787. The van der Waals surface area contributed by atoms with E-state index in [9.17, 15) is 10.2 Å². The van der Waals surface area contributed by atoms with Gasteiger partial charge in [-0.05, 0) is 19.1 Å². The lowest BCUT2D eigenvalue weighted by molar-refractivity contribution is 0.190. The summed E-state index contributed by atoms with van der Waals surface area (Å²) in [7, 11) is 5.00. The van der Waals surface area contributed by atoms with Crippen LogP contribution < -0.4 is 14.4 Å². The van der Waals surface area contributed by atoms with Crippen molar-refractivity contribution in [3.05, 3.63) is 17.7 Å². The molecule has 0 saturated carbocycles. The maximum atomic E-state index is 9.22. The van der Waals surface area contributed by atoms with Gasteiger partial charge in [-0.1, -0.05) is 0 Å². The Hall–Kier alpha value is -1.46. The molecule has 0 bridgehead atoms. The summed E-state index contributed by atoms with van der Waals surface area (Å²) >= 11 is 0. The molecule has 1 rings (SSSR count). The number of anilines is 1. The van der Waals surface area contributed by atoms with E-state index in [1.165, 1.54) is 0 Å². The number of hydrogen-bond donors (Lipinski definition) is 2. The minimum atomic E-state index is -0.355. The molecular weight excluding hydrogens is 234 g/mol. The first-order chi connectivity index (χ1) is 8.60. The minimum absolute atomic E-state index is 0.124. The summed E-state index contributed by atoms with van der Waals surface area (Å²) in [6, 6.07) is 3.34. The van der Waals surface area contributed by atoms with Crippen LogP contribution in [0.4, 0.5) is 5.69 Å². The molecule has 0 amide bonds. The fourth-order valence-corrected chi connectivity index (χ4v) is 1.92. The van der Waals surface area contributed by atoms with E-state index in [2.05, 4.69) is 0 Å². The second-order valence-electron chi connectivity index (χ2n) is 4.08. The number of aliphatic hydroxyl groups excluding tert-OH is 2. The fourth-order valence-electron chi connectivity index (χ4n) is 1.92. The Morgan fingerprint density at radius 1 is 1.17 bits per heavy atom. The smallest absolute Gasteiger partial charge is 0.148 e. The largest absolute Gasteiger partial charge is 0.496 e. The van der Waals surface area contributed by atoms with Gasteiger partial charge in [-0.3, -0.25) is 0 Å². The van der Waals surface area contributed by atoms with Crippen molar-refractivity contribution in [1.82, 2.24) is 0 Å². The van der Waals surface area contributed by atoms with Crippen LogP contribution in [-0.2, 0) is 0 Å². The fraction of sp³-hybridized carbons (Fsp3) is 0.538. The molecule has 0 unspecified atom stereocenters. The molecule has 1 aromatic rings. The summed E-state index contributed by atoms with van der Waals surface area (Å²) in [5, 5.41) is 18.4. The third-order valence-electron chi connectivity index (χ3n) is 3.11. The first-order valence-electron chi connectivity index (χ1n) is 5.76. The average molecular weight is 255 g/mol. The maximum Gasteiger partial charge on any atom is 0.148 e. The van der Waals surface area contributed by atoms with Crippen molar-refractivity contribution in [1.29, 1.82) is 0 Å². The Labute approximate surface area is 108 Å². The predicted molar refractivity (Wildman–Crippen MR) is 70.6 cm³/mol. The average Bonchev–Trinajstić information content (AvgIpc) is 2.39. The van der Waals surface area contributed by atoms with E-state index in [4.69, 9.17) is 9.47 Å². The highest BCUT2D eigenvalue weighted by Crippen LogP contribution is 2.37. The molecule has 0 fully saturated rings. The normalized spacial score (nSPS) is 10.6. The predicted octanol–water partition coefficient (Wildman–Crippen LogP) is 0.802. The molecule has 18 heavy (non-hydrogen) atoms. The topological polar surface area (TPSA) is 62.2 Å². The number of ether oxygens (including phenoxy) is 2. The van der Waals surface area contributed by atoms with Crippen LogP contribution in [0.3, 0.4) is 0 Å². The van der Waals surface area contributed by atoms with Crippen molar-refractivity contribution < 1.29 is 19.7 Å². The highest BCUT2D eigenvalue weighted by Gasteiger charge is 2.19. The van der Waals surface area contributed by atoms with E-state index in [1.807, 2.05) is 19.1 Å². The molecule has 0 aliphatic carbocycles. The molecule has 0 aliphatic heterocycles. The number of rotatable bonds is 6. The third kappa shape index (κ3) is 2.68. The lowest BCUT2D eigenvalue weighted by Crippen LogP contribution is -2.38. The SMILES string of the molecule is COc1ccc(N(C)C(CO)CO)c(OC)c1C. The van der Waals surface area contributed by atoms with Gasteiger partial charge in [0.2, 0.25) is 0 Å². The summed E-state index contributed by atoms with van der Waals surface area (Å²) in [6.45, 7) is 1.66. The van der Waals surface area contributed by atoms with Crippen LogP contribution in [0.15, 0.2) is 12.1 Å². The Balaban J connectivity index is 3.20. The first-order valence-corrected chi connectivity index (χ1v) is 5.76. The second kappa shape index (κ2) is 6.47. The van der Waals surface area contributed by atoms with Crippen molar-refractivity contribution in [2.24, 2.45) is 0 Å². The van der Waals surface area contributed by atoms with Crippen LogP contribution in [0.2, 0.25) is 0 Å². The highest BCUT2D eigenvalue weighted by atomic mass is 16.5. The van der Waals surface area contributed by atoms with Gasteiger partial charge in [0.25, 0.3) is 0 Å². The zero-order chi connectivity index (χ0) is 13.7. The van der Waals surface area contributed by atoms with Gasteiger partial charge < -0.3 is 24.6 Å². The Kier molecular flexibility index (Phi) is 5.25. The van der Waals surface area contributed by atoms with Crippen LogP contribution in [0.25, 0.3) is 0 Å². The second-order valence-corrected chi connectivity index (χ2v) is 4.08. The van der Waals surface area contributed by atoms with Crippen molar-refractivity contribution in [2.45, 2.75) is 13.0 Å². The van der Waals surface area contributed by atoms with E-state index >= 15 is 0 Å². The summed E-state index contributed by atoms with van der Waals surface area (Å²) in [5.74, 6) is 1.43. The molecule has 0 aromatic heterocycles. The molecule has 102 valence electrons. The number of benzene rings is 1. The molecule has 1 aromatic carbocycles. The third-order valence-corrected chi connectivity index (χ3v) is 3.11. The van der Waals surface area contributed by atoms with Gasteiger partial charge in [-0.15, -0.1) is 0 Å². The van der Waals surface area contributed by atoms with Crippen molar-refractivity contribution in [3.63, 3.8) is 0 Å². The Morgan fingerprint density at radius 2 is 1.78 bits per heavy atom. The van der Waals surface area contributed by atoms with Crippen LogP contribution >= 0.6 is 0 Å². The summed E-state index contributed by atoms with van der Waals surface area (Å²) < 4.78 is 10.6. The highest BCUT2D eigenvalue weighted by molar-refractivity contribution is 5.65. The van der Waals surface area contributed by atoms with E-state index in [0.717, 1.165) is 17.0 Å². The Morgan fingerprint density at radius 3 is 2.22 bits per heavy atom. The van der Waals surface area contributed by atoms with Crippen molar-refractivity contribution in [3.8, 4) is 11.5 Å². The summed E-state index contributed by atoms with van der Waals surface area (Å²) in [6.07, 6.45) is 0. The molecule has 0 saturated heterocycles. The number of nitrogens with zero attached hydrogens (tertiary/aromatic N) is 1. The van der Waals surface area contributed by atoms with Gasteiger partial charge in [-0.25, -0.2) is 0 Å². The van der Waals surface area contributed by atoms with Crippen LogP contribution in [0, 0.1) is 6.92 Å². The van der Waals surface area contributed by atoms with Crippen LogP contribution in [-0.4, -0.2) is 50.7 Å². The molecule has 0 spiro atoms.